The van der Waals surface area contributed by atoms with Crippen LogP contribution in [-0.2, 0) is 7.05 Å². The Kier molecular flexibility index (Phi) is 3.65. The van der Waals surface area contributed by atoms with Crippen molar-refractivity contribution in [2.45, 2.75) is 0 Å². The van der Waals surface area contributed by atoms with Gasteiger partial charge in [0.2, 0.25) is 0 Å². The van der Waals surface area contributed by atoms with E-state index >= 15 is 0 Å². The van der Waals surface area contributed by atoms with Crippen molar-refractivity contribution < 1.29 is 5.11 Å². The van der Waals surface area contributed by atoms with Crippen molar-refractivity contribution in [3.05, 3.63) is 70.5 Å². The van der Waals surface area contributed by atoms with Gasteiger partial charge in [0, 0.05) is 12.7 Å². The Labute approximate surface area is 132 Å². The number of aromatic nitrogens is 1. The van der Waals surface area contributed by atoms with Crippen molar-refractivity contribution in [3.8, 4) is 5.88 Å². The van der Waals surface area contributed by atoms with E-state index < -0.39 is 5.56 Å². The van der Waals surface area contributed by atoms with Crippen LogP contribution in [0.15, 0.2) is 59.4 Å². The van der Waals surface area contributed by atoms with Gasteiger partial charge in [-0.1, -0.05) is 54.7 Å². The Morgan fingerprint density at radius 2 is 1.64 bits per heavy atom. The molecule has 0 aliphatic carbocycles. The molecule has 0 aliphatic rings. The molecule has 0 spiro atoms. The highest BCUT2D eigenvalue weighted by atomic mass is 32.1. The standard InChI is InChI=1S/C17H14N2O2S/c1-19-16(20)13-10-6-5-9-12(13)14(17(19)21)15(22)18-11-7-3-2-4-8-11/h2-10,20H,1H3,(H,18,22)/p-1. The summed E-state index contributed by atoms with van der Waals surface area (Å²) in [6, 6.07) is 16.4. The molecule has 3 rings (SSSR count). The van der Waals surface area contributed by atoms with Gasteiger partial charge in [-0.3, -0.25) is 4.79 Å². The van der Waals surface area contributed by atoms with Gasteiger partial charge in [-0.25, -0.2) is 0 Å². The van der Waals surface area contributed by atoms with Gasteiger partial charge in [-0.15, -0.1) is 0 Å². The van der Waals surface area contributed by atoms with E-state index in [1.54, 1.807) is 24.3 Å². The van der Waals surface area contributed by atoms with Gasteiger partial charge < -0.3 is 15.0 Å². The van der Waals surface area contributed by atoms with Crippen LogP contribution in [0.25, 0.3) is 10.8 Å². The fourth-order valence-corrected chi connectivity index (χ4v) is 2.69. The van der Waals surface area contributed by atoms with Crippen LogP contribution in [-0.4, -0.2) is 9.56 Å². The number of thiocarbonyl (C=S) groups is 1. The average Bonchev–Trinajstić information content (AvgIpc) is 2.54. The normalized spacial score (nSPS) is 10.6. The van der Waals surface area contributed by atoms with E-state index in [9.17, 15) is 9.90 Å². The van der Waals surface area contributed by atoms with Gasteiger partial charge in [0.15, 0.2) is 0 Å². The molecule has 0 fully saturated rings. The van der Waals surface area contributed by atoms with E-state index in [1.165, 1.54) is 7.05 Å². The molecule has 0 amide bonds. The van der Waals surface area contributed by atoms with Crippen LogP contribution >= 0.6 is 12.2 Å². The largest absolute Gasteiger partial charge is 0.860 e. The van der Waals surface area contributed by atoms with Gasteiger partial charge in [0.05, 0.1) is 5.56 Å². The summed E-state index contributed by atoms with van der Waals surface area (Å²) >= 11 is 5.39. The third-order valence-corrected chi connectivity index (χ3v) is 3.81. The first-order chi connectivity index (χ1) is 10.6. The molecule has 22 heavy (non-hydrogen) atoms. The summed E-state index contributed by atoms with van der Waals surface area (Å²) in [5.74, 6) is -0.313. The minimum atomic E-state index is -0.392. The molecule has 3 aromatic rings. The van der Waals surface area contributed by atoms with Crippen molar-refractivity contribution in [1.82, 2.24) is 4.57 Å². The summed E-state index contributed by atoms with van der Waals surface area (Å²) in [6.07, 6.45) is 0. The third kappa shape index (κ3) is 2.35. The summed E-state index contributed by atoms with van der Waals surface area (Å²) < 4.78 is 1.09. The van der Waals surface area contributed by atoms with Crippen LogP contribution in [0, 0.1) is 0 Å². The van der Waals surface area contributed by atoms with Crippen molar-refractivity contribution in [2.24, 2.45) is 7.05 Å². The minimum Gasteiger partial charge on any atom is -0.860 e. The van der Waals surface area contributed by atoms with E-state index in [0.717, 1.165) is 10.3 Å². The highest BCUT2D eigenvalue weighted by Gasteiger charge is 2.14. The van der Waals surface area contributed by atoms with Crippen LogP contribution in [0.5, 0.6) is 5.88 Å². The number of pyridine rings is 1. The lowest BCUT2D eigenvalue weighted by molar-refractivity contribution is -0.276. The number of nitrogens with zero attached hydrogens (tertiary/aromatic N) is 1. The molecule has 0 saturated carbocycles. The summed E-state index contributed by atoms with van der Waals surface area (Å²) in [5, 5.41) is 16.3. The molecule has 0 aliphatic heterocycles. The first-order valence-corrected chi connectivity index (χ1v) is 7.15. The molecule has 0 bridgehead atoms. The SMILES string of the molecule is Cn1c([O-])c2ccccc2c(C(=S)Nc2ccccc2)c1=O. The highest BCUT2D eigenvalue weighted by Crippen LogP contribution is 2.23. The topological polar surface area (TPSA) is 57.1 Å². The lowest BCUT2D eigenvalue weighted by Crippen LogP contribution is -2.29. The molecule has 0 radical (unpaired) electrons. The zero-order chi connectivity index (χ0) is 15.7. The Hall–Kier alpha value is -2.66. The molecule has 5 heteroatoms. The maximum Gasteiger partial charge on any atom is 0.260 e. The first-order valence-electron chi connectivity index (χ1n) is 6.74. The molecule has 110 valence electrons. The number of rotatable bonds is 2. The van der Waals surface area contributed by atoms with Crippen LogP contribution in [0.3, 0.4) is 0 Å². The molecular weight excluding hydrogens is 296 g/mol. The van der Waals surface area contributed by atoms with Gasteiger partial charge >= 0.3 is 0 Å². The zero-order valence-electron chi connectivity index (χ0n) is 11.9. The maximum atomic E-state index is 12.5. The molecule has 1 aromatic heterocycles. The summed E-state index contributed by atoms with van der Waals surface area (Å²) in [6.45, 7) is 0. The maximum absolute atomic E-state index is 12.5. The van der Waals surface area contributed by atoms with Crippen molar-refractivity contribution >= 4 is 33.7 Å². The molecule has 0 saturated heterocycles. The second-order valence-corrected chi connectivity index (χ2v) is 5.32. The van der Waals surface area contributed by atoms with Crippen LogP contribution in [0.2, 0.25) is 0 Å². The fraction of sp³-hybridized carbons (Fsp3) is 0.0588. The quantitative estimate of drug-likeness (QED) is 0.739. The Balaban J connectivity index is 2.18. The number of benzene rings is 2. The lowest BCUT2D eigenvalue weighted by Gasteiger charge is -2.19. The number of fused-ring (bicyclic) bond motifs is 1. The highest BCUT2D eigenvalue weighted by molar-refractivity contribution is 7.81. The molecule has 2 aromatic carbocycles. The molecular formula is C17H13N2O2S-. The third-order valence-electron chi connectivity index (χ3n) is 3.51. The fourth-order valence-electron chi connectivity index (χ4n) is 2.38. The van der Waals surface area contributed by atoms with E-state index in [-0.39, 0.29) is 5.88 Å². The number of anilines is 1. The van der Waals surface area contributed by atoms with E-state index in [4.69, 9.17) is 12.2 Å². The zero-order valence-corrected chi connectivity index (χ0v) is 12.7. The van der Waals surface area contributed by atoms with E-state index in [2.05, 4.69) is 5.32 Å². The molecule has 1 heterocycles. The van der Waals surface area contributed by atoms with Crippen molar-refractivity contribution in [1.29, 1.82) is 0 Å². The van der Waals surface area contributed by atoms with Crippen LogP contribution in [0.1, 0.15) is 5.56 Å². The minimum absolute atomic E-state index is 0.308. The number of hydrogen-bond acceptors (Lipinski definition) is 3. The molecule has 4 nitrogen and oxygen atoms in total. The second-order valence-electron chi connectivity index (χ2n) is 4.91. The van der Waals surface area contributed by atoms with E-state index in [0.29, 0.717) is 21.3 Å². The predicted octanol–water partition coefficient (Wildman–Crippen LogP) is 2.40. The van der Waals surface area contributed by atoms with Crippen LogP contribution in [0.4, 0.5) is 5.69 Å². The number of nitrogens with one attached hydrogen (secondary N) is 1. The Morgan fingerprint density at radius 1 is 1.05 bits per heavy atom. The van der Waals surface area contributed by atoms with Crippen molar-refractivity contribution in [2.75, 3.05) is 5.32 Å². The molecule has 0 unspecified atom stereocenters. The smallest absolute Gasteiger partial charge is 0.260 e. The van der Waals surface area contributed by atoms with Gasteiger partial charge in [-0.2, -0.15) is 0 Å². The van der Waals surface area contributed by atoms with Gasteiger partial charge in [0.1, 0.15) is 4.99 Å². The number of para-hydroxylation sites is 1. The molecule has 0 atom stereocenters. The Morgan fingerprint density at radius 3 is 2.32 bits per heavy atom. The summed E-state index contributed by atoms with van der Waals surface area (Å²) in [7, 11) is 1.46. The van der Waals surface area contributed by atoms with Crippen molar-refractivity contribution in [3.63, 3.8) is 0 Å². The number of hydrogen-bond donors (Lipinski definition) is 1. The predicted molar refractivity (Wildman–Crippen MR) is 90.4 cm³/mol. The van der Waals surface area contributed by atoms with Gasteiger partial charge in [0.25, 0.3) is 5.56 Å². The first kappa shape index (κ1) is 14.3. The molecule has 1 N–H and O–H groups in total. The monoisotopic (exact) mass is 309 g/mol. The lowest BCUT2D eigenvalue weighted by atomic mass is 10.1. The summed E-state index contributed by atoms with van der Waals surface area (Å²) in [5.41, 5.74) is 0.749. The van der Waals surface area contributed by atoms with Gasteiger partial charge in [-0.05, 0) is 28.8 Å². The second kappa shape index (κ2) is 5.61. The Bertz CT molecular complexity index is 917. The van der Waals surface area contributed by atoms with E-state index in [1.807, 2.05) is 30.3 Å². The summed E-state index contributed by atoms with van der Waals surface area (Å²) in [4.78, 5) is 12.8. The average molecular weight is 309 g/mol. The van der Waals surface area contributed by atoms with Crippen LogP contribution < -0.4 is 16.0 Å².